The minimum atomic E-state index is -0.457. The van der Waals surface area contributed by atoms with Crippen molar-refractivity contribution in [3.8, 4) is 0 Å². The molecule has 0 N–H and O–H groups in total. The van der Waals surface area contributed by atoms with E-state index in [1.165, 1.54) is 4.90 Å². The molecule has 8 heteroatoms. The average molecular weight is 448 g/mol. The summed E-state index contributed by atoms with van der Waals surface area (Å²) in [5.74, 6) is -1.16. The molecule has 0 bridgehead atoms. The highest BCUT2D eigenvalue weighted by Gasteiger charge is 2.38. The number of hydrogen-bond donors (Lipinski definition) is 0. The Balaban J connectivity index is 1.85. The van der Waals surface area contributed by atoms with Crippen molar-refractivity contribution in [3.05, 3.63) is 46.1 Å². The van der Waals surface area contributed by atoms with Gasteiger partial charge in [-0.25, -0.2) is 4.79 Å². The molecule has 2 amide bonds. The number of halogens is 1. The normalized spacial score (nSPS) is 20.3. The number of esters is 1. The van der Waals surface area contributed by atoms with E-state index < -0.39 is 11.9 Å². The molecule has 0 radical (unpaired) electrons. The zero-order valence-electron chi connectivity index (χ0n) is 18.4. The number of ether oxygens (including phenoxy) is 1. The van der Waals surface area contributed by atoms with Crippen LogP contribution in [0.25, 0.3) is 0 Å². The smallest absolute Gasteiger partial charge is 0.336 e. The zero-order chi connectivity index (χ0) is 22.5. The summed E-state index contributed by atoms with van der Waals surface area (Å²) in [7, 11) is 0. The van der Waals surface area contributed by atoms with Gasteiger partial charge < -0.3 is 19.4 Å². The predicted octanol–water partition coefficient (Wildman–Crippen LogP) is 2.66. The Kier molecular flexibility index (Phi) is 7.73. The van der Waals surface area contributed by atoms with Crippen molar-refractivity contribution in [2.75, 3.05) is 45.9 Å². The first-order valence-electron chi connectivity index (χ1n) is 10.8. The molecule has 0 aromatic heterocycles. The van der Waals surface area contributed by atoms with Crippen molar-refractivity contribution in [2.45, 2.75) is 33.1 Å². The Labute approximate surface area is 188 Å². The van der Waals surface area contributed by atoms with E-state index in [0.29, 0.717) is 29.4 Å². The lowest BCUT2D eigenvalue weighted by molar-refractivity contribution is -0.143. The molecule has 0 saturated carbocycles. The van der Waals surface area contributed by atoms with Gasteiger partial charge in [-0.3, -0.25) is 9.59 Å². The maximum atomic E-state index is 13.0. The number of carbonyl (C=O) groups excluding carboxylic acids is 3. The topological polar surface area (TPSA) is 70.2 Å². The van der Waals surface area contributed by atoms with E-state index in [9.17, 15) is 14.4 Å². The van der Waals surface area contributed by atoms with Crippen molar-refractivity contribution in [1.29, 1.82) is 0 Å². The molecule has 2 heterocycles. The van der Waals surface area contributed by atoms with Gasteiger partial charge in [0.2, 0.25) is 11.8 Å². The molecule has 1 unspecified atom stereocenters. The van der Waals surface area contributed by atoms with Crippen LogP contribution < -0.4 is 0 Å². The lowest BCUT2D eigenvalue weighted by Gasteiger charge is -2.37. The minimum absolute atomic E-state index is 0.0625. The minimum Gasteiger partial charge on any atom is -0.463 e. The van der Waals surface area contributed by atoms with Crippen LogP contribution in [0.3, 0.4) is 0 Å². The third kappa shape index (κ3) is 5.28. The molecule has 1 aromatic rings. The van der Waals surface area contributed by atoms with E-state index >= 15 is 0 Å². The van der Waals surface area contributed by atoms with E-state index in [-0.39, 0.29) is 31.4 Å². The second kappa shape index (κ2) is 10.3. The standard InChI is InChI=1S/C23H30ClN3O4/c1-4-25-10-12-26(13-11-25)21(29)15-27-16(3)22(23(30)31-5-2)19(14-20(27)28)17-6-8-18(24)9-7-17/h6-9,19H,4-5,10-15H2,1-3H3. The number of piperazine rings is 1. The van der Waals surface area contributed by atoms with Gasteiger partial charge in [-0.15, -0.1) is 0 Å². The van der Waals surface area contributed by atoms with Crippen molar-refractivity contribution in [2.24, 2.45) is 0 Å². The quantitative estimate of drug-likeness (QED) is 0.627. The van der Waals surface area contributed by atoms with Crippen molar-refractivity contribution in [1.82, 2.24) is 14.7 Å². The van der Waals surface area contributed by atoms with Gasteiger partial charge in [0.05, 0.1) is 12.2 Å². The predicted molar refractivity (Wildman–Crippen MR) is 119 cm³/mol. The number of nitrogens with zero attached hydrogens (tertiary/aromatic N) is 3. The summed E-state index contributed by atoms with van der Waals surface area (Å²) in [5.41, 5.74) is 1.73. The molecule has 2 aliphatic rings. The van der Waals surface area contributed by atoms with Crippen LogP contribution in [-0.4, -0.2) is 78.4 Å². The van der Waals surface area contributed by atoms with Gasteiger partial charge in [-0.2, -0.15) is 0 Å². The highest BCUT2D eigenvalue weighted by Crippen LogP contribution is 2.37. The molecule has 31 heavy (non-hydrogen) atoms. The fourth-order valence-corrected chi connectivity index (χ4v) is 4.33. The third-order valence-corrected chi connectivity index (χ3v) is 6.31. The molecule has 3 rings (SSSR count). The number of allylic oxidation sites excluding steroid dienone is 1. The maximum Gasteiger partial charge on any atom is 0.336 e. The lowest BCUT2D eigenvalue weighted by atomic mass is 9.83. The first-order chi connectivity index (χ1) is 14.8. The maximum absolute atomic E-state index is 13.0. The Bertz CT molecular complexity index is 860. The summed E-state index contributed by atoms with van der Waals surface area (Å²) >= 11 is 6.01. The molecular weight excluding hydrogens is 418 g/mol. The molecular formula is C23H30ClN3O4. The zero-order valence-corrected chi connectivity index (χ0v) is 19.2. The number of carbonyl (C=O) groups is 3. The van der Waals surface area contributed by atoms with Crippen LogP contribution in [0.2, 0.25) is 5.02 Å². The van der Waals surface area contributed by atoms with Gasteiger partial charge in [0.1, 0.15) is 6.54 Å². The van der Waals surface area contributed by atoms with Crippen LogP contribution in [0.1, 0.15) is 38.7 Å². The summed E-state index contributed by atoms with van der Waals surface area (Å²) in [4.78, 5) is 44.3. The van der Waals surface area contributed by atoms with E-state index in [2.05, 4.69) is 11.8 Å². The number of amides is 2. The molecule has 1 atom stereocenters. The summed E-state index contributed by atoms with van der Waals surface area (Å²) in [6.45, 7) is 9.66. The first-order valence-corrected chi connectivity index (χ1v) is 11.2. The molecule has 2 aliphatic heterocycles. The van der Waals surface area contributed by atoms with Crippen molar-refractivity contribution in [3.63, 3.8) is 0 Å². The molecule has 1 saturated heterocycles. The van der Waals surface area contributed by atoms with Crippen LogP contribution in [0.4, 0.5) is 0 Å². The lowest BCUT2D eigenvalue weighted by Crippen LogP contribution is -2.52. The number of benzene rings is 1. The third-order valence-electron chi connectivity index (χ3n) is 6.06. The van der Waals surface area contributed by atoms with E-state index in [1.807, 2.05) is 12.1 Å². The average Bonchev–Trinajstić information content (AvgIpc) is 2.76. The molecule has 168 valence electrons. The summed E-state index contributed by atoms with van der Waals surface area (Å²) in [6, 6.07) is 7.12. The first kappa shape index (κ1) is 23.3. The van der Waals surface area contributed by atoms with Crippen LogP contribution in [-0.2, 0) is 19.1 Å². The number of hydrogen-bond acceptors (Lipinski definition) is 5. The van der Waals surface area contributed by atoms with E-state index in [4.69, 9.17) is 16.3 Å². The highest BCUT2D eigenvalue weighted by molar-refractivity contribution is 6.30. The van der Waals surface area contributed by atoms with Crippen LogP contribution in [0.15, 0.2) is 35.5 Å². The fraction of sp³-hybridized carbons (Fsp3) is 0.522. The Morgan fingerprint density at radius 2 is 1.74 bits per heavy atom. The van der Waals surface area contributed by atoms with Crippen molar-refractivity contribution >= 4 is 29.4 Å². The molecule has 1 fully saturated rings. The second-order valence-corrected chi connectivity index (χ2v) is 8.26. The SMILES string of the molecule is CCOC(=O)C1=C(C)N(CC(=O)N2CCN(CC)CC2)C(=O)CC1c1ccc(Cl)cc1. The Morgan fingerprint density at radius 3 is 2.32 bits per heavy atom. The van der Waals surface area contributed by atoms with Gasteiger partial charge in [-0.1, -0.05) is 30.7 Å². The molecule has 0 aliphatic carbocycles. The van der Waals surface area contributed by atoms with Gasteiger partial charge in [-0.05, 0) is 38.1 Å². The van der Waals surface area contributed by atoms with Gasteiger partial charge in [0, 0.05) is 49.2 Å². The van der Waals surface area contributed by atoms with Gasteiger partial charge >= 0.3 is 5.97 Å². The summed E-state index contributed by atoms with van der Waals surface area (Å²) in [6.07, 6.45) is 0.101. The van der Waals surface area contributed by atoms with Gasteiger partial charge in [0.15, 0.2) is 0 Å². The summed E-state index contributed by atoms with van der Waals surface area (Å²) < 4.78 is 5.29. The highest BCUT2D eigenvalue weighted by atomic mass is 35.5. The second-order valence-electron chi connectivity index (χ2n) is 7.82. The van der Waals surface area contributed by atoms with Crippen molar-refractivity contribution < 1.29 is 19.1 Å². The largest absolute Gasteiger partial charge is 0.463 e. The fourth-order valence-electron chi connectivity index (χ4n) is 4.21. The van der Waals surface area contributed by atoms with Crippen LogP contribution in [0, 0.1) is 0 Å². The van der Waals surface area contributed by atoms with Crippen LogP contribution in [0.5, 0.6) is 0 Å². The van der Waals surface area contributed by atoms with Crippen LogP contribution >= 0.6 is 11.6 Å². The molecule has 1 aromatic carbocycles. The van der Waals surface area contributed by atoms with E-state index in [1.54, 1.807) is 30.9 Å². The Morgan fingerprint density at radius 1 is 1.10 bits per heavy atom. The monoisotopic (exact) mass is 447 g/mol. The Hall–Kier alpha value is -2.38. The van der Waals surface area contributed by atoms with E-state index in [0.717, 1.165) is 25.2 Å². The van der Waals surface area contributed by atoms with Gasteiger partial charge in [0.25, 0.3) is 0 Å². The number of likely N-dealkylation sites (N-methyl/N-ethyl adjacent to an activating group) is 1. The molecule has 0 spiro atoms. The molecule has 7 nitrogen and oxygen atoms in total. The number of rotatable bonds is 6. The summed E-state index contributed by atoms with van der Waals surface area (Å²) in [5, 5.41) is 0.583.